The van der Waals surface area contributed by atoms with Crippen molar-refractivity contribution in [2.45, 2.75) is 37.6 Å². The van der Waals surface area contributed by atoms with Gasteiger partial charge in [-0.25, -0.2) is 13.6 Å². The van der Waals surface area contributed by atoms with Crippen LogP contribution in [0, 0.1) is 5.92 Å². The number of hydrogen-bond donors (Lipinski definition) is 2. The molecule has 3 N–H and O–H groups in total. The fraction of sp³-hybridized carbons (Fsp3) is 0.538. The van der Waals surface area contributed by atoms with Crippen LogP contribution in [0.5, 0.6) is 0 Å². The average molecular weight is 270 g/mol. The summed E-state index contributed by atoms with van der Waals surface area (Å²) in [4.78, 5) is 0.228. The molecule has 102 valence electrons. The number of rotatable bonds is 5. The molecule has 4 nitrogen and oxygen atoms in total. The van der Waals surface area contributed by atoms with E-state index in [2.05, 4.69) is 19.2 Å². The van der Waals surface area contributed by atoms with Crippen LogP contribution < -0.4 is 10.5 Å². The second-order valence-corrected chi connectivity index (χ2v) is 6.46. The number of sulfonamides is 1. The quantitative estimate of drug-likeness (QED) is 0.855. The fourth-order valence-corrected chi connectivity index (χ4v) is 3.20. The Morgan fingerprint density at radius 1 is 1.17 bits per heavy atom. The van der Waals surface area contributed by atoms with Crippen molar-refractivity contribution >= 4 is 10.0 Å². The Kier molecular flexibility index (Phi) is 4.90. The SMILES string of the molecule is CNC(C)C(c1ccccc1S(N)(=O)=O)C(C)C. The van der Waals surface area contributed by atoms with E-state index in [1.54, 1.807) is 12.1 Å². The molecule has 0 radical (unpaired) electrons. The van der Waals surface area contributed by atoms with E-state index in [0.717, 1.165) is 5.56 Å². The van der Waals surface area contributed by atoms with E-state index in [9.17, 15) is 8.42 Å². The summed E-state index contributed by atoms with van der Waals surface area (Å²) in [6.07, 6.45) is 0. The van der Waals surface area contributed by atoms with E-state index >= 15 is 0 Å². The summed E-state index contributed by atoms with van der Waals surface area (Å²) in [5.41, 5.74) is 0.789. The van der Waals surface area contributed by atoms with Gasteiger partial charge in [-0.15, -0.1) is 0 Å². The summed E-state index contributed by atoms with van der Waals surface area (Å²) >= 11 is 0. The molecule has 0 fully saturated rings. The molecule has 0 aliphatic carbocycles. The zero-order chi connectivity index (χ0) is 13.9. The van der Waals surface area contributed by atoms with Crippen LogP contribution in [0.4, 0.5) is 0 Å². The second-order valence-electron chi connectivity index (χ2n) is 4.93. The molecule has 18 heavy (non-hydrogen) atoms. The molecule has 2 unspecified atom stereocenters. The molecule has 0 aromatic heterocycles. The number of likely N-dealkylation sites (N-methyl/N-ethyl adjacent to an activating group) is 1. The largest absolute Gasteiger partial charge is 0.317 e. The maximum atomic E-state index is 11.6. The first kappa shape index (κ1) is 15.1. The molecule has 1 aromatic rings. The van der Waals surface area contributed by atoms with Crippen LogP contribution in [0.2, 0.25) is 0 Å². The molecule has 0 aliphatic rings. The molecule has 0 heterocycles. The zero-order valence-corrected chi connectivity index (χ0v) is 12.2. The highest BCUT2D eigenvalue weighted by molar-refractivity contribution is 7.89. The number of primary sulfonamides is 1. The molecule has 5 heteroatoms. The van der Waals surface area contributed by atoms with Crippen molar-refractivity contribution in [3.8, 4) is 0 Å². The third-order valence-corrected chi connectivity index (χ3v) is 4.28. The van der Waals surface area contributed by atoms with Gasteiger partial charge in [-0.2, -0.15) is 0 Å². The summed E-state index contributed by atoms with van der Waals surface area (Å²) in [5.74, 6) is 0.417. The Balaban J connectivity index is 3.38. The lowest BCUT2D eigenvalue weighted by molar-refractivity contribution is 0.390. The van der Waals surface area contributed by atoms with Crippen molar-refractivity contribution < 1.29 is 8.42 Å². The summed E-state index contributed by atoms with van der Waals surface area (Å²) < 4.78 is 23.3. The Labute approximate surface area is 110 Å². The molecule has 0 aliphatic heterocycles. The van der Waals surface area contributed by atoms with Gasteiger partial charge in [0.1, 0.15) is 0 Å². The summed E-state index contributed by atoms with van der Waals surface area (Å²) in [7, 11) is -1.81. The average Bonchev–Trinajstić information content (AvgIpc) is 2.27. The Hall–Kier alpha value is -0.910. The van der Waals surface area contributed by atoms with Crippen molar-refractivity contribution in [1.29, 1.82) is 0 Å². The number of benzene rings is 1. The number of nitrogens with one attached hydrogen (secondary N) is 1. The van der Waals surface area contributed by atoms with Crippen molar-refractivity contribution in [3.63, 3.8) is 0 Å². The van der Waals surface area contributed by atoms with Crippen molar-refractivity contribution in [2.75, 3.05) is 7.05 Å². The van der Waals surface area contributed by atoms with E-state index < -0.39 is 10.0 Å². The van der Waals surface area contributed by atoms with Gasteiger partial charge in [-0.3, -0.25) is 0 Å². The monoisotopic (exact) mass is 270 g/mol. The molecule has 0 amide bonds. The lowest BCUT2D eigenvalue weighted by Crippen LogP contribution is -2.33. The smallest absolute Gasteiger partial charge is 0.238 e. The first-order valence-electron chi connectivity index (χ1n) is 6.08. The van der Waals surface area contributed by atoms with E-state index in [-0.39, 0.29) is 16.9 Å². The highest BCUT2D eigenvalue weighted by Crippen LogP contribution is 2.31. The predicted molar refractivity (Wildman–Crippen MR) is 73.9 cm³/mol. The first-order chi connectivity index (χ1) is 8.29. The topological polar surface area (TPSA) is 72.2 Å². The van der Waals surface area contributed by atoms with Crippen molar-refractivity contribution in [1.82, 2.24) is 5.32 Å². The van der Waals surface area contributed by atoms with Gasteiger partial charge in [0, 0.05) is 12.0 Å². The third-order valence-electron chi connectivity index (χ3n) is 3.30. The van der Waals surface area contributed by atoms with E-state index in [1.165, 1.54) is 0 Å². The lowest BCUT2D eigenvalue weighted by atomic mass is 9.83. The fourth-order valence-electron chi connectivity index (χ4n) is 2.40. The van der Waals surface area contributed by atoms with Crippen molar-refractivity contribution in [3.05, 3.63) is 29.8 Å². The lowest BCUT2D eigenvalue weighted by Gasteiger charge is -2.29. The van der Waals surface area contributed by atoms with Gasteiger partial charge >= 0.3 is 0 Å². The molecule has 1 aromatic carbocycles. The number of hydrogen-bond acceptors (Lipinski definition) is 3. The van der Waals surface area contributed by atoms with Crippen LogP contribution in [0.15, 0.2) is 29.2 Å². The standard InChI is InChI=1S/C13H22N2O2S/c1-9(2)13(10(3)15-4)11-7-5-6-8-12(11)18(14,16)17/h5-10,13,15H,1-4H3,(H2,14,16,17). The molecule has 0 bridgehead atoms. The molecule has 0 saturated heterocycles. The maximum absolute atomic E-state index is 11.6. The first-order valence-corrected chi connectivity index (χ1v) is 7.62. The van der Waals surface area contributed by atoms with Gasteiger partial charge < -0.3 is 5.32 Å². The van der Waals surface area contributed by atoms with Gasteiger partial charge in [0.15, 0.2) is 0 Å². The zero-order valence-electron chi connectivity index (χ0n) is 11.3. The Bertz CT molecular complexity index is 497. The van der Waals surface area contributed by atoms with Crippen molar-refractivity contribution in [2.24, 2.45) is 11.1 Å². The predicted octanol–water partition coefficient (Wildman–Crippen LogP) is 1.68. The molecular weight excluding hydrogens is 248 g/mol. The van der Waals surface area contributed by atoms with Gasteiger partial charge in [-0.05, 0) is 31.5 Å². The third kappa shape index (κ3) is 3.31. The molecule has 1 rings (SSSR count). The van der Waals surface area contributed by atoms with Gasteiger partial charge in [-0.1, -0.05) is 32.0 Å². The summed E-state index contributed by atoms with van der Waals surface area (Å²) in [6, 6.07) is 7.14. The van der Waals surface area contributed by atoms with Crippen LogP contribution in [-0.4, -0.2) is 21.5 Å². The normalized spacial score (nSPS) is 15.7. The van der Waals surface area contributed by atoms with Crippen LogP contribution in [0.25, 0.3) is 0 Å². The molecule has 0 spiro atoms. The van der Waals surface area contributed by atoms with Gasteiger partial charge in [0.2, 0.25) is 10.0 Å². The number of nitrogens with two attached hydrogens (primary N) is 1. The Morgan fingerprint density at radius 3 is 2.17 bits per heavy atom. The Morgan fingerprint density at radius 2 is 1.72 bits per heavy atom. The summed E-state index contributed by atoms with van der Waals surface area (Å²) in [5, 5.41) is 8.48. The van der Waals surface area contributed by atoms with E-state index in [4.69, 9.17) is 5.14 Å². The van der Waals surface area contributed by atoms with Gasteiger partial charge in [0.05, 0.1) is 4.90 Å². The minimum atomic E-state index is -3.68. The maximum Gasteiger partial charge on any atom is 0.238 e. The highest BCUT2D eigenvalue weighted by atomic mass is 32.2. The van der Waals surface area contributed by atoms with Gasteiger partial charge in [0.25, 0.3) is 0 Å². The van der Waals surface area contributed by atoms with Crippen LogP contribution >= 0.6 is 0 Å². The summed E-state index contributed by atoms with van der Waals surface area (Å²) in [6.45, 7) is 6.21. The minimum Gasteiger partial charge on any atom is -0.317 e. The van der Waals surface area contributed by atoms with Crippen LogP contribution in [-0.2, 0) is 10.0 Å². The van der Waals surface area contributed by atoms with Crippen LogP contribution in [0.3, 0.4) is 0 Å². The van der Waals surface area contributed by atoms with E-state index in [1.807, 2.05) is 26.1 Å². The highest BCUT2D eigenvalue weighted by Gasteiger charge is 2.26. The molecular formula is C13H22N2O2S. The van der Waals surface area contributed by atoms with Crippen LogP contribution in [0.1, 0.15) is 32.3 Å². The molecule has 2 atom stereocenters. The minimum absolute atomic E-state index is 0.101. The molecule has 0 saturated carbocycles. The van der Waals surface area contributed by atoms with E-state index in [0.29, 0.717) is 5.92 Å². The second kappa shape index (κ2) is 5.82.